The van der Waals surface area contributed by atoms with E-state index in [-0.39, 0.29) is 5.41 Å². The van der Waals surface area contributed by atoms with E-state index in [0.717, 1.165) is 23.1 Å². The van der Waals surface area contributed by atoms with Crippen LogP contribution in [0.2, 0.25) is 0 Å². The van der Waals surface area contributed by atoms with Crippen LogP contribution < -0.4 is 0 Å². The summed E-state index contributed by atoms with van der Waals surface area (Å²) < 4.78 is 0. The first-order valence-electron chi connectivity index (χ1n) is 9.58. The van der Waals surface area contributed by atoms with E-state index in [1.807, 2.05) is 13.0 Å². The van der Waals surface area contributed by atoms with E-state index in [1.54, 1.807) is 11.8 Å². The SMILES string of the molecule is C=C(C)c1cc(Cc2ccc(Sc3ccccc3)cc2)cc(C(C)(C)C)c1O. The predicted molar refractivity (Wildman–Crippen MR) is 121 cm³/mol. The topological polar surface area (TPSA) is 20.2 Å². The maximum atomic E-state index is 10.7. The summed E-state index contributed by atoms with van der Waals surface area (Å²) in [7, 11) is 0. The zero-order valence-electron chi connectivity index (χ0n) is 17.1. The van der Waals surface area contributed by atoms with Crippen molar-refractivity contribution in [3.05, 3.63) is 95.6 Å². The number of rotatable bonds is 5. The fraction of sp³-hybridized carbons (Fsp3) is 0.231. The standard InChI is InChI=1S/C26H28OS/c1-18(2)23-16-20(17-24(25(23)27)26(3,4)5)15-19-11-13-22(14-12-19)28-21-9-7-6-8-10-21/h6-14,16-17,27H,1,15H2,2-5H3. The summed E-state index contributed by atoms with van der Waals surface area (Å²) in [6.07, 6.45) is 0.833. The quantitative estimate of drug-likeness (QED) is 0.489. The van der Waals surface area contributed by atoms with Crippen molar-refractivity contribution in [3.63, 3.8) is 0 Å². The minimum absolute atomic E-state index is 0.125. The summed E-state index contributed by atoms with van der Waals surface area (Å²) in [6.45, 7) is 12.4. The van der Waals surface area contributed by atoms with Crippen LogP contribution in [0.3, 0.4) is 0 Å². The number of phenolic OH excluding ortho intramolecular Hbond substituents is 1. The lowest BCUT2D eigenvalue weighted by molar-refractivity contribution is 0.444. The summed E-state index contributed by atoms with van der Waals surface area (Å²) in [5, 5.41) is 10.7. The first-order valence-corrected chi connectivity index (χ1v) is 10.4. The average molecular weight is 389 g/mol. The Morgan fingerprint density at radius 1 is 0.893 bits per heavy atom. The van der Waals surface area contributed by atoms with E-state index < -0.39 is 0 Å². The molecule has 144 valence electrons. The van der Waals surface area contributed by atoms with Gasteiger partial charge >= 0.3 is 0 Å². The molecule has 0 saturated carbocycles. The molecule has 0 aliphatic carbocycles. The van der Waals surface area contributed by atoms with E-state index >= 15 is 0 Å². The van der Waals surface area contributed by atoms with Gasteiger partial charge in [-0.2, -0.15) is 0 Å². The van der Waals surface area contributed by atoms with Gasteiger partial charge in [0.2, 0.25) is 0 Å². The van der Waals surface area contributed by atoms with E-state index in [1.165, 1.54) is 20.9 Å². The zero-order chi connectivity index (χ0) is 20.3. The highest BCUT2D eigenvalue weighted by Crippen LogP contribution is 2.37. The molecule has 0 amide bonds. The van der Waals surface area contributed by atoms with Crippen LogP contribution in [0.1, 0.15) is 49.9 Å². The third-order valence-corrected chi connectivity index (χ3v) is 5.76. The molecule has 0 aliphatic rings. The van der Waals surface area contributed by atoms with Crippen molar-refractivity contribution >= 4 is 17.3 Å². The first kappa shape index (κ1) is 20.3. The lowest BCUT2D eigenvalue weighted by atomic mass is 9.82. The first-order chi connectivity index (χ1) is 13.2. The van der Waals surface area contributed by atoms with Gasteiger partial charge < -0.3 is 5.11 Å². The minimum Gasteiger partial charge on any atom is -0.507 e. The van der Waals surface area contributed by atoms with E-state index in [4.69, 9.17) is 0 Å². The molecule has 0 aromatic heterocycles. The number of phenols is 1. The monoisotopic (exact) mass is 388 g/mol. The van der Waals surface area contributed by atoms with Gasteiger partial charge in [0.1, 0.15) is 5.75 Å². The van der Waals surface area contributed by atoms with Crippen molar-refractivity contribution in [3.8, 4) is 5.75 Å². The fourth-order valence-corrected chi connectivity index (χ4v) is 4.07. The predicted octanol–water partition coefficient (Wildman–Crippen LogP) is 7.46. The largest absolute Gasteiger partial charge is 0.507 e. The van der Waals surface area contributed by atoms with E-state index in [0.29, 0.717) is 5.75 Å². The van der Waals surface area contributed by atoms with Crippen molar-refractivity contribution in [1.82, 2.24) is 0 Å². The Morgan fingerprint density at radius 3 is 2.07 bits per heavy atom. The molecule has 0 atom stereocenters. The molecule has 28 heavy (non-hydrogen) atoms. The van der Waals surface area contributed by atoms with E-state index in [2.05, 4.69) is 88.0 Å². The van der Waals surface area contributed by atoms with Gasteiger partial charge in [0.05, 0.1) is 0 Å². The van der Waals surface area contributed by atoms with Gasteiger partial charge in [-0.1, -0.05) is 75.5 Å². The number of aromatic hydroxyl groups is 1. The summed E-state index contributed by atoms with van der Waals surface area (Å²) in [4.78, 5) is 2.48. The molecule has 3 rings (SSSR count). The average Bonchev–Trinajstić information content (AvgIpc) is 2.64. The molecule has 0 saturated heterocycles. The minimum atomic E-state index is -0.125. The Bertz CT molecular complexity index is 964. The van der Waals surface area contributed by atoms with Crippen LogP contribution in [0.15, 0.2) is 83.1 Å². The lowest BCUT2D eigenvalue weighted by Gasteiger charge is -2.23. The Balaban J connectivity index is 1.85. The molecule has 2 heteroatoms. The van der Waals surface area contributed by atoms with Crippen LogP contribution >= 0.6 is 11.8 Å². The molecular formula is C26H28OS. The number of allylic oxidation sites excluding steroid dienone is 1. The Labute approximate surface area is 173 Å². The van der Waals surface area contributed by atoms with Crippen LogP contribution in [0, 0.1) is 0 Å². The van der Waals surface area contributed by atoms with Crippen LogP contribution in [0.5, 0.6) is 5.75 Å². The van der Waals surface area contributed by atoms with Gasteiger partial charge in [-0.25, -0.2) is 0 Å². The van der Waals surface area contributed by atoms with Crippen molar-refractivity contribution in [2.45, 2.75) is 49.3 Å². The van der Waals surface area contributed by atoms with Crippen molar-refractivity contribution in [2.24, 2.45) is 0 Å². The Morgan fingerprint density at radius 2 is 1.50 bits per heavy atom. The third kappa shape index (κ3) is 4.88. The normalized spacial score (nSPS) is 11.4. The second-order valence-electron chi connectivity index (χ2n) is 8.31. The summed E-state index contributed by atoms with van der Waals surface area (Å²) >= 11 is 1.77. The Kier molecular flexibility index (Phi) is 6.00. The molecule has 1 N–H and O–H groups in total. The number of hydrogen-bond donors (Lipinski definition) is 1. The van der Waals surface area contributed by atoms with Crippen LogP contribution in [0.4, 0.5) is 0 Å². The van der Waals surface area contributed by atoms with Gasteiger partial charge in [0.25, 0.3) is 0 Å². The highest BCUT2D eigenvalue weighted by atomic mass is 32.2. The van der Waals surface area contributed by atoms with Crippen LogP contribution in [0.25, 0.3) is 5.57 Å². The number of benzene rings is 3. The molecule has 0 radical (unpaired) electrons. The van der Waals surface area contributed by atoms with Gasteiger partial charge in [-0.3, -0.25) is 0 Å². The molecule has 0 aliphatic heterocycles. The molecule has 3 aromatic rings. The Hall–Kier alpha value is -2.45. The van der Waals surface area contributed by atoms with Gasteiger partial charge in [0.15, 0.2) is 0 Å². The maximum absolute atomic E-state index is 10.7. The second kappa shape index (κ2) is 8.28. The fourth-order valence-electron chi connectivity index (χ4n) is 3.23. The number of hydrogen-bond acceptors (Lipinski definition) is 2. The van der Waals surface area contributed by atoms with Gasteiger partial charge in [-0.05, 0) is 65.8 Å². The van der Waals surface area contributed by atoms with Crippen LogP contribution in [-0.2, 0) is 11.8 Å². The summed E-state index contributed by atoms with van der Waals surface area (Å²) in [5.74, 6) is 0.360. The molecule has 3 aromatic carbocycles. The lowest BCUT2D eigenvalue weighted by Crippen LogP contribution is -2.13. The van der Waals surface area contributed by atoms with Gasteiger partial charge in [-0.15, -0.1) is 0 Å². The highest BCUT2D eigenvalue weighted by Gasteiger charge is 2.21. The van der Waals surface area contributed by atoms with Gasteiger partial charge in [0, 0.05) is 20.9 Å². The third-order valence-electron chi connectivity index (χ3n) is 4.75. The highest BCUT2D eigenvalue weighted by molar-refractivity contribution is 7.99. The van der Waals surface area contributed by atoms with Crippen molar-refractivity contribution in [1.29, 1.82) is 0 Å². The molecule has 0 unspecified atom stereocenters. The smallest absolute Gasteiger partial charge is 0.126 e. The summed E-state index contributed by atoms with van der Waals surface area (Å²) in [6, 6.07) is 23.4. The molecule has 0 bridgehead atoms. The van der Waals surface area contributed by atoms with Crippen LogP contribution in [-0.4, -0.2) is 5.11 Å². The van der Waals surface area contributed by atoms with Crippen molar-refractivity contribution < 1.29 is 5.11 Å². The molecule has 0 fully saturated rings. The maximum Gasteiger partial charge on any atom is 0.126 e. The van der Waals surface area contributed by atoms with Crippen molar-refractivity contribution in [2.75, 3.05) is 0 Å². The molecular weight excluding hydrogens is 360 g/mol. The zero-order valence-corrected chi connectivity index (χ0v) is 17.9. The second-order valence-corrected chi connectivity index (χ2v) is 9.45. The molecule has 0 heterocycles. The van der Waals surface area contributed by atoms with E-state index in [9.17, 15) is 5.11 Å². The molecule has 0 spiro atoms. The summed E-state index contributed by atoms with van der Waals surface area (Å²) in [5.41, 5.74) is 5.04. The molecule has 1 nitrogen and oxygen atoms in total.